The molecule has 1 aliphatic heterocycles. The third-order valence-electron chi connectivity index (χ3n) is 6.76. The van der Waals surface area contributed by atoms with E-state index in [0.717, 1.165) is 32.2 Å². The number of benzene rings is 1. The molecular formula is C22H24FN3O3S. The molecule has 0 bridgehead atoms. The Balaban J connectivity index is 1.74. The number of aromatic amines is 1. The van der Waals surface area contributed by atoms with Crippen LogP contribution in [0.4, 0.5) is 10.1 Å². The lowest BCUT2D eigenvalue weighted by atomic mass is 9.92. The first-order valence-corrected chi connectivity index (χ1v) is 12.0. The molecule has 3 aromatic rings. The second-order valence-electron chi connectivity index (χ2n) is 8.78. The number of nitrogens with one attached hydrogen (secondary N) is 1. The number of pyridine rings is 1. The highest BCUT2D eigenvalue weighted by Crippen LogP contribution is 2.54. The maximum absolute atomic E-state index is 14.9. The van der Waals surface area contributed by atoms with E-state index in [1.54, 1.807) is 25.5 Å². The fourth-order valence-electron chi connectivity index (χ4n) is 4.69. The second kappa shape index (κ2) is 6.44. The summed E-state index contributed by atoms with van der Waals surface area (Å²) in [7, 11) is -2.09. The van der Waals surface area contributed by atoms with Crippen LogP contribution in [0.3, 0.4) is 0 Å². The van der Waals surface area contributed by atoms with Gasteiger partial charge in [0, 0.05) is 61.0 Å². The van der Waals surface area contributed by atoms with Crippen LogP contribution in [0, 0.1) is 11.2 Å². The number of piperidine rings is 1. The van der Waals surface area contributed by atoms with Gasteiger partial charge in [0.05, 0.1) is 0 Å². The first kappa shape index (κ1) is 19.4. The maximum atomic E-state index is 14.9. The minimum atomic E-state index is -3.75. The minimum absolute atomic E-state index is 0.167. The lowest BCUT2D eigenvalue weighted by molar-refractivity contribution is 0.384. The number of anilines is 1. The molecule has 1 saturated heterocycles. The predicted octanol–water partition coefficient (Wildman–Crippen LogP) is 3.46. The van der Waals surface area contributed by atoms with Gasteiger partial charge in [-0.25, -0.2) is 12.8 Å². The van der Waals surface area contributed by atoms with E-state index in [9.17, 15) is 17.6 Å². The summed E-state index contributed by atoms with van der Waals surface area (Å²) in [5.41, 5.74) is 2.76. The normalized spacial score (nSPS) is 18.3. The monoisotopic (exact) mass is 429 g/mol. The van der Waals surface area contributed by atoms with Crippen LogP contribution in [0.15, 0.2) is 40.3 Å². The van der Waals surface area contributed by atoms with Crippen molar-refractivity contribution in [2.45, 2.75) is 30.6 Å². The molecule has 0 unspecified atom stereocenters. The number of hydrogen-bond donors (Lipinski definition) is 1. The van der Waals surface area contributed by atoms with E-state index in [1.807, 2.05) is 0 Å². The van der Waals surface area contributed by atoms with Gasteiger partial charge in [0.1, 0.15) is 16.2 Å². The van der Waals surface area contributed by atoms with Crippen molar-refractivity contribution in [2.24, 2.45) is 12.5 Å². The van der Waals surface area contributed by atoms with Crippen molar-refractivity contribution in [3.63, 3.8) is 0 Å². The van der Waals surface area contributed by atoms with E-state index in [0.29, 0.717) is 33.1 Å². The van der Waals surface area contributed by atoms with E-state index >= 15 is 0 Å². The lowest BCUT2D eigenvalue weighted by Crippen LogP contribution is -2.35. The Labute approximate surface area is 174 Å². The predicted molar refractivity (Wildman–Crippen MR) is 115 cm³/mol. The Kier molecular flexibility index (Phi) is 4.16. The van der Waals surface area contributed by atoms with Crippen LogP contribution >= 0.6 is 0 Å². The number of nitrogens with zero attached hydrogens (tertiary/aromatic N) is 2. The summed E-state index contributed by atoms with van der Waals surface area (Å²) in [6, 6.07) is 4.57. The summed E-state index contributed by atoms with van der Waals surface area (Å²) >= 11 is 0. The molecule has 1 aliphatic carbocycles. The van der Waals surface area contributed by atoms with Gasteiger partial charge in [0.2, 0.25) is 0 Å². The fourth-order valence-corrected chi connectivity index (χ4v) is 5.43. The molecule has 3 heterocycles. The summed E-state index contributed by atoms with van der Waals surface area (Å²) in [6.45, 7) is 1.62. The zero-order valence-corrected chi connectivity index (χ0v) is 17.9. The van der Waals surface area contributed by atoms with E-state index < -0.39 is 15.7 Å². The summed E-state index contributed by atoms with van der Waals surface area (Å²) in [5.74, 6) is -0.738. The van der Waals surface area contributed by atoms with Gasteiger partial charge in [0.15, 0.2) is 9.84 Å². The topological polar surface area (TPSA) is 75.2 Å². The van der Waals surface area contributed by atoms with Gasteiger partial charge in [-0.3, -0.25) is 4.79 Å². The third kappa shape index (κ3) is 3.05. The summed E-state index contributed by atoms with van der Waals surface area (Å²) in [4.78, 5) is 17.3. The summed E-state index contributed by atoms with van der Waals surface area (Å²) in [6.07, 6.45) is 9.06. The quantitative estimate of drug-likeness (QED) is 0.692. The molecule has 1 aromatic carbocycles. The Morgan fingerprint density at radius 1 is 1.10 bits per heavy atom. The zero-order valence-electron chi connectivity index (χ0n) is 17.0. The van der Waals surface area contributed by atoms with Crippen LogP contribution in [0.1, 0.15) is 25.7 Å². The standard InChI is InChI=1S/C22H24FN3O3S/c1-25-13-16(14-3-8-24-20(14)21(25)27)15-11-19(30(2,28)29)17(23)12-18(15)26-9-6-22(4-5-22)7-10-26/h3,8,11-13,24H,4-7,9-10H2,1-2H3. The Morgan fingerprint density at radius 3 is 2.43 bits per heavy atom. The van der Waals surface area contributed by atoms with Gasteiger partial charge >= 0.3 is 0 Å². The van der Waals surface area contributed by atoms with Crippen LogP contribution in [-0.4, -0.2) is 37.3 Å². The smallest absolute Gasteiger partial charge is 0.274 e. The molecule has 0 atom stereocenters. The van der Waals surface area contributed by atoms with Crippen LogP contribution in [0.2, 0.25) is 0 Å². The van der Waals surface area contributed by atoms with Gasteiger partial charge in [-0.2, -0.15) is 0 Å². The lowest BCUT2D eigenvalue weighted by Gasteiger charge is -2.35. The molecule has 1 saturated carbocycles. The molecular weight excluding hydrogens is 405 g/mol. The van der Waals surface area contributed by atoms with Crippen LogP contribution in [0.25, 0.3) is 22.0 Å². The van der Waals surface area contributed by atoms with Crippen LogP contribution in [0.5, 0.6) is 0 Å². The fraction of sp³-hybridized carbons (Fsp3) is 0.409. The molecule has 1 spiro atoms. The Morgan fingerprint density at radius 2 is 1.80 bits per heavy atom. The van der Waals surface area contributed by atoms with E-state index in [4.69, 9.17) is 0 Å². The van der Waals surface area contributed by atoms with Crippen LogP contribution < -0.4 is 10.5 Å². The maximum Gasteiger partial charge on any atom is 0.274 e. The largest absolute Gasteiger partial charge is 0.371 e. The summed E-state index contributed by atoms with van der Waals surface area (Å²) < 4.78 is 40.8. The number of rotatable bonds is 3. The number of aromatic nitrogens is 2. The number of sulfone groups is 1. The van der Waals surface area contributed by atoms with Crippen molar-refractivity contribution < 1.29 is 12.8 Å². The van der Waals surface area contributed by atoms with Gasteiger partial charge in [-0.15, -0.1) is 0 Å². The number of aryl methyl sites for hydroxylation is 1. The van der Waals surface area contributed by atoms with Crippen molar-refractivity contribution >= 4 is 26.4 Å². The number of hydrogen-bond acceptors (Lipinski definition) is 4. The SMILES string of the molecule is Cn1cc(-c2cc(S(C)(=O)=O)c(F)cc2N2CCC3(CC2)CC3)c2cc[nH]c2c1=O. The average Bonchev–Trinajstić information content (AvgIpc) is 3.25. The third-order valence-corrected chi connectivity index (χ3v) is 7.87. The number of H-pyrrole nitrogens is 1. The van der Waals surface area contributed by atoms with Gasteiger partial charge in [-0.1, -0.05) is 0 Å². The molecule has 158 valence electrons. The molecule has 5 rings (SSSR count). The van der Waals surface area contributed by atoms with Gasteiger partial charge < -0.3 is 14.5 Å². The summed E-state index contributed by atoms with van der Waals surface area (Å²) in [5, 5.41) is 0.695. The molecule has 2 aliphatic rings. The zero-order chi connectivity index (χ0) is 21.3. The van der Waals surface area contributed by atoms with Gasteiger partial charge in [-0.05, 0) is 49.3 Å². The number of fused-ring (bicyclic) bond motifs is 1. The average molecular weight is 430 g/mol. The van der Waals surface area contributed by atoms with Crippen molar-refractivity contribution in [1.29, 1.82) is 0 Å². The molecule has 2 fully saturated rings. The van der Waals surface area contributed by atoms with Crippen molar-refractivity contribution in [2.75, 3.05) is 24.2 Å². The highest BCUT2D eigenvalue weighted by Gasteiger charge is 2.44. The molecule has 2 aromatic heterocycles. The highest BCUT2D eigenvalue weighted by atomic mass is 32.2. The van der Waals surface area contributed by atoms with Crippen molar-refractivity contribution in [3.8, 4) is 11.1 Å². The molecule has 0 radical (unpaired) electrons. The molecule has 6 nitrogen and oxygen atoms in total. The Hall–Kier alpha value is -2.61. The van der Waals surface area contributed by atoms with E-state index in [1.165, 1.54) is 29.5 Å². The highest BCUT2D eigenvalue weighted by molar-refractivity contribution is 7.90. The van der Waals surface area contributed by atoms with Gasteiger partial charge in [0.25, 0.3) is 5.56 Å². The first-order chi connectivity index (χ1) is 14.2. The van der Waals surface area contributed by atoms with Crippen molar-refractivity contribution in [3.05, 3.63) is 46.8 Å². The Bertz CT molecular complexity index is 1330. The molecule has 30 heavy (non-hydrogen) atoms. The van der Waals surface area contributed by atoms with Crippen LogP contribution in [-0.2, 0) is 16.9 Å². The number of halogens is 1. The first-order valence-electron chi connectivity index (χ1n) is 10.1. The van der Waals surface area contributed by atoms with Crippen molar-refractivity contribution in [1.82, 2.24) is 9.55 Å². The molecule has 0 amide bonds. The van der Waals surface area contributed by atoms with E-state index in [2.05, 4.69) is 9.88 Å². The molecule has 1 N–H and O–H groups in total. The second-order valence-corrected chi connectivity index (χ2v) is 10.8. The van der Waals surface area contributed by atoms with E-state index in [-0.39, 0.29) is 10.5 Å². The molecule has 8 heteroatoms. The minimum Gasteiger partial charge on any atom is -0.371 e.